The molecule has 0 fully saturated rings. The van der Waals surface area contributed by atoms with E-state index in [2.05, 4.69) is 24.0 Å². The molecule has 0 saturated heterocycles. The molecule has 4 nitrogen and oxygen atoms in total. The summed E-state index contributed by atoms with van der Waals surface area (Å²) in [5.74, 6) is 0.484. The predicted molar refractivity (Wildman–Crippen MR) is 99.8 cm³/mol. The summed E-state index contributed by atoms with van der Waals surface area (Å²) in [6.07, 6.45) is 3.70. The van der Waals surface area contributed by atoms with Gasteiger partial charge in [-0.1, -0.05) is 30.0 Å². The lowest BCUT2D eigenvalue weighted by atomic mass is 10.2. The van der Waals surface area contributed by atoms with E-state index in [9.17, 15) is 4.79 Å². The number of benzene rings is 1. The van der Waals surface area contributed by atoms with E-state index < -0.39 is 0 Å². The summed E-state index contributed by atoms with van der Waals surface area (Å²) < 4.78 is 2.02. The first-order valence-electron chi connectivity index (χ1n) is 7.63. The van der Waals surface area contributed by atoms with Gasteiger partial charge in [0, 0.05) is 30.0 Å². The van der Waals surface area contributed by atoms with Gasteiger partial charge in [0.05, 0.1) is 12.3 Å². The highest BCUT2D eigenvalue weighted by Gasteiger charge is 2.13. The molecule has 2 heterocycles. The van der Waals surface area contributed by atoms with Gasteiger partial charge in [0.1, 0.15) is 0 Å². The molecule has 0 saturated carbocycles. The van der Waals surface area contributed by atoms with E-state index in [1.165, 1.54) is 22.2 Å². The van der Waals surface area contributed by atoms with Crippen LogP contribution in [0.4, 0.5) is 0 Å². The zero-order valence-corrected chi connectivity index (χ0v) is 15.3. The molecule has 3 aromatic rings. The third-order valence-corrected chi connectivity index (χ3v) is 5.42. The van der Waals surface area contributed by atoms with Crippen LogP contribution in [0.5, 0.6) is 0 Å². The second-order valence-corrected chi connectivity index (χ2v) is 7.51. The van der Waals surface area contributed by atoms with Gasteiger partial charge in [0.25, 0.3) is 0 Å². The number of hydrogen-bond acceptors (Lipinski definition) is 4. The van der Waals surface area contributed by atoms with Gasteiger partial charge in [-0.2, -0.15) is 0 Å². The average molecular weight is 358 g/mol. The lowest BCUT2D eigenvalue weighted by Gasteiger charge is -2.16. The minimum absolute atomic E-state index is 0.104. The summed E-state index contributed by atoms with van der Waals surface area (Å²) in [6.45, 7) is 2.72. The second kappa shape index (κ2) is 7.68. The van der Waals surface area contributed by atoms with E-state index in [0.29, 0.717) is 12.3 Å². The van der Waals surface area contributed by atoms with Gasteiger partial charge in [-0.15, -0.1) is 11.3 Å². The van der Waals surface area contributed by atoms with E-state index >= 15 is 0 Å². The zero-order chi connectivity index (χ0) is 16.9. The monoisotopic (exact) mass is 357 g/mol. The van der Waals surface area contributed by atoms with Crippen molar-refractivity contribution in [1.29, 1.82) is 0 Å². The number of aromatic nitrogens is 2. The molecule has 0 bridgehead atoms. The van der Waals surface area contributed by atoms with Crippen LogP contribution in [0.1, 0.15) is 10.4 Å². The minimum atomic E-state index is 0.104. The Morgan fingerprint density at radius 3 is 2.96 bits per heavy atom. The molecule has 0 atom stereocenters. The third-order valence-electron chi connectivity index (χ3n) is 3.61. The molecule has 0 aliphatic carbocycles. The highest BCUT2D eigenvalue weighted by atomic mass is 32.2. The van der Waals surface area contributed by atoms with Gasteiger partial charge in [0.15, 0.2) is 5.16 Å². The summed E-state index contributed by atoms with van der Waals surface area (Å²) >= 11 is 3.14. The molecule has 1 aromatic carbocycles. The summed E-state index contributed by atoms with van der Waals surface area (Å²) in [5, 5.41) is 2.86. The fourth-order valence-corrected chi connectivity index (χ4v) is 4.00. The van der Waals surface area contributed by atoms with Crippen molar-refractivity contribution in [1.82, 2.24) is 14.5 Å². The molecule has 0 aliphatic rings. The fraction of sp³-hybridized carbons (Fsp3) is 0.222. The zero-order valence-electron chi connectivity index (χ0n) is 13.7. The highest BCUT2D eigenvalue weighted by Crippen LogP contribution is 2.21. The van der Waals surface area contributed by atoms with Crippen LogP contribution in [-0.2, 0) is 11.3 Å². The molecule has 1 amide bonds. The maximum absolute atomic E-state index is 12.3. The van der Waals surface area contributed by atoms with Crippen molar-refractivity contribution < 1.29 is 4.79 Å². The summed E-state index contributed by atoms with van der Waals surface area (Å²) in [6, 6.07) is 12.3. The van der Waals surface area contributed by atoms with E-state index in [1.807, 2.05) is 47.5 Å². The first-order valence-corrected chi connectivity index (χ1v) is 9.49. The Kier molecular flexibility index (Phi) is 5.37. The molecule has 0 radical (unpaired) electrons. The van der Waals surface area contributed by atoms with Crippen LogP contribution in [0.3, 0.4) is 0 Å². The molecule has 124 valence electrons. The lowest BCUT2D eigenvalue weighted by Crippen LogP contribution is -2.27. The van der Waals surface area contributed by atoms with Crippen molar-refractivity contribution in [3.05, 3.63) is 64.6 Å². The lowest BCUT2D eigenvalue weighted by molar-refractivity contribution is -0.127. The van der Waals surface area contributed by atoms with Gasteiger partial charge in [-0.25, -0.2) is 4.98 Å². The van der Waals surface area contributed by atoms with Crippen molar-refractivity contribution in [2.45, 2.75) is 18.6 Å². The Morgan fingerprint density at radius 2 is 2.21 bits per heavy atom. The van der Waals surface area contributed by atoms with Gasteiger partial charge >= 0.3 is 0 Å². The van der Waals surface area contributed by atoms with Crippen LogP contribution in [0.2, 0.25) is 0 Å². The number of amides is 1. The van der Waals surface area contributed by atoms with Gasteiger partial charge in [0.2, 0.25) is 5.91 Å². The number of thioether (sulfide) groups is 1. The topological polar surface area (TPSA) is 38.1 Å². The number of aryl methyl sites for hydroxylation is 1. The maximum Gasteiger partial charge on any atom is 0.233 e. The molecule has 0 N–H and O–H groups in total. The Hall–Kier alpha value is -2.05. The summed E-state index contributed by atoms with van der Waals surface area (Å²) in [4.78, 5) is 19.7. The number of rotatable bonds is 6. The number of thiophene rings is 1. The molecular formula is C18H19N3OS2. The first kappa shape index (κ1) is 16.8. The Balaban J connectivity index is 1.63. The van der Waals surface area contributed by atoms with Gasteiger partial charge in [-0.3, -0.25) is 9.36 Å². The van der Waals surface area contributed by atoms with Crippen LogP contribution >= 0.6 is 23.1 Å². The summed E-state index contributed by atoms with van der Waals surface area (Å²) in [5.41, 5.74) is 2.26. The molecule has 0 spiro atoms. The molecule has 0 aliphatic heterocycles. The number of hydrogen-bond donors (Lipinski definition) is 0. The van der Waals surface area contributed by atoms with E-state index in [4.69, 9.17) is 0 Å². The first-order chi connectivity index (χ1) is 11.6. The molecule has 3 rings (SSSR count). The Morgan fingerprint density at radius 1 is 1.33 bits per heavy atom. The van der Waals surface area contributed by atoms with E-state index in [0.717, 1.165) is 10.8 Å². The molecule has 2 aromatic heterocycles. The number of nitrogens with zero attached hydrogens (tertiary/aromatic N) is 3. The number of carbonyl (C=O) groups excluding carboxylic acids is 1. The van der Waals surface area contributed by atoms with E-state index in [1.54, 1.807) is 22.4 Å². The van der Waals surface area contributed by atoms with Crippen LogP contribution in [0.25, 0.3) is 5.69 Å². The molecule has 6 heteroatoms. The number of imidazole rings is 1. The van der Waals surface area contributed by atoms with Gasteiger partial charge < -0.3 is 4.90 Å². The highest BCUT2D eigenvalue weighted by molar-refractivity contribution is 7.99. The second-order valence-electron chi connectivity index (χ2n) is 5.54. The normalized spacial score (nSPS) is 10.8. The largest absolute Gasteiger partial charge is 0.340 e. The fourth-order valence-electron chi connectivity index (χ4n) is 2.33. The van der Waals surface area contributed by atoms with Crippen molar-refractivity contribution >= 4 is 29.0 Å². The van der Waals surface area contributed by atoms with Crippen LogP contribution in [0.15, 0.2) is 59.3 Å². The van der Waals surface area contributed by atoms with Gasteiger partial charge in [-0.05, 0) is 36.1 Å². The maximum atomic E-state index is 12.3. The molecule has 0 unspecified atom stereocenters. The standard InChI is InChI=1S/C18H19N3OS2/c1-14-5-3-6-15(11-14)21-9-8-19-18(21)24-13-17(22)20(2)12-16-7-4-10-23-16/h3-11H,12-13H2,1-2H3. The smallest absolute Gasteiger partial charge is 0.233 e. The molecule has 24 heavy (non-hydrogen) atoms. The van der Waals surface area contributed by atoms with Crippen molar-refractivity contribution in [2.75, 3.05) is 12.8 Å². The Bertz CT molecular complexity index is 811. The number of carbonyl (C=O) groups is 1. The third kappa shape index (κ3) is 4.07. The average Bonchev–Trinajstić information content (AvgIpc) is 3.23. The van der Waals surface area contributed by atoms with Crippen molar-refractivity contribution in [2.24, 2.45) is 0 Å². The van der Waals surface area contributed by atoms with Crippen molar-refractivity contribution in [3.8, 4) is 5.69 Å². The van der Waals surface area contributed by atoms with E-state index in [-0.39, 0.29) is 5.91 Å². The predicted octanol–water partition coefficient (Wildman–Crippen LogP) is 3.99. The minimum Gasteiger partial charge on any atom is -0.340 e. The van der Waals surface area contributed by atoms with Crippen LogP contribution < -0.4 is 0 Å². The summed E-state index contributed by atoms with van der Waals surface area (Å²) in [7, 11) is 1.84. The van der Waals surface area contributed by atoms with Crippen LogP contribution in [-0.4, -0.2) is 33.2 Å². The van der Waals surface area contributed by atoms with Crippen molar-refractivity contribution in [3.63, 3.8) is 0 Å². The quantitative estimate of drug-likeness (QED) is 0.626. The Labute approximate surface area is 150 Å². The van der Waals surface area contributed by atoms with Crippen LogP contribution in [0, 0.1) is 6.92 Å². The SMILES string of the molecule is Cc1cccc(-n2ccnc2SCC(=O)N(C)Cc2cccs2)c1. The molecular weight excluding hydrogens is 338 g/mol.